The van der Waals surface area contributed by atoms with Crippen molar-refractivity contribution in [1.29, 1.82) is 0 Å². The van der Waals surface area contributed by atoms with Crippen molar-refractivity contribution < 1.29 is 4.39 Å². The normalized spacial score (nSPS) is 17.6. The molecule has 1 aromatic heterocycles. The van der Waals surface area contributed by atoms with Gasteiger partial charge in [-0.3, -0.25) is 4.90 Å². The lowest BCUT2D eigenvalue weighted by Crippen LogP contribution is -2.70. The van der Waals surface area contributed by atoms with Crippen molar-refractivity contribution in [2.75, 3.05) is 43.3 Å². The van der Waals surface area contributed by atoms with Gasteiger partial charge in [0.1, 0.15) is 11.6 Å². The Bertz CT molecular complexity index is 1130. The Hall–Kier alpha value is -1.55. The number of anilines is 2. The van der Waals surface area contributed by atoms with Gasteiger partial charge < -0.3 is 14.9 Å². The number of hydrogen-bond donors (Lipinski definition) is 2. The second kappa shape index (κ2) is 9.60. The molecule has 33 heavy (non-hydrogen) atoms. The van der Waals surface area contributed by atoms with Gasteiger partial charge in [-0.2, -0.15) is 0 Å². The molecule has 0 saturated carbocycles. The molecule has 5 nitrogen and oxygen atoms in total. The molecule has 0 bridgehead atoms. The highest BCUT2D eigenvalue weighted by Gasteiger charge is 2.50. The zero-order valence-corrected chi connectivity index (χ0v) is 21.2. The number of thiazole rings is 1. The second-order valence-electron chi connectivity index (χ2n) is 8.89. The summed E-state index contributed by atoms with van der Waals surface area (Å²) < 4.78 is 17.7. The maximum atomic E-state index is 14.7. The largest absolute Gasteiger partial charge is 0.380 e. The summed E-state index contributed by atoms with van der Waals surface area (Å²) in [7, 11) is 2.17. The topological polar surface area (TPSA) is 43.4 Å². The van der Waals surface area contributed by atoms with Crippen LogP contribution in [-0.2, 0) is 13.1 Å². The number of likely N-dealkylation sites (tertiary alicyclic amines) is 2. The standard InChI is InChI=1S/C23H24Cl2FN5S2/c1-30-10-23(11-30)12-31(13-23)8-15-3-2-4-17(24)16(15)7-27-20-6-19(26)21(5-18(20)25)33-29-22-9-32-14-28-22/h2-6,9,14,27,29H,7-8,10-13H2,1H3. The average molecular weight is 525 g/mol. The SMILES string of the molecule is CN1CC2(C1)CN(Cc1cccc(Cl)c1CNc1cc(F)c(SNc3cscn3)cc1Cl)C2. The van der Waals surface area contributed by atoms with Gasteiger partial charge in [-0.15, -0.1) is 11.3 Å². The van der Waals surface area contributed by atoms with Crippen LogP contribution in [0, 0.1) is 11.2 Å². The van der Waals surface area contributed by atoms with Gasteiger partial charge in [0, 0.05) is 55.1 Å². The molecule has 3 aromatic rings. The molecule has 2 fully saturated rings. The van der Waals surface area contributed by atoms with Crippen LogP contribution in [0.2, 0.25) is 10.0 Å². The van der Waals surface area contributed by atoms with Crippen molar-refractivity contribution in [3.8, 4) is 0 Å². The molecule has 0 atom stereocenters. The van der Waals surface area contributed by atoms with Crippen LogP contribution in [-0.4, -0.2) is 48.0 Å². The Morgan fingerprint density at radius 2 is 2.00 bits per heavy atom. The van der Waals surface area contributed by atoms with Crippen molar-refractivity contribution >= 4 is 58.0 Å². The van der Waals surface area contributed by atoms with E-state index in [1.807, 2.05) is 17.5 Å². The van der Waals surface area contributed by atoms with E-state index in [0.29, 0.717) is 38.4 Å². The zero-order chi connectivity index (χ0) is 23.0. The summed E-state index contributed by atoms with van der Waals surface area (Å²) in [6.45, 7) is 5.96. The van der Waals surface area contributed by atoms with Crippen LogP contribution in [0.1, 0.15) is 11.1 Å². The third kappa shape index (κ3) is 5.11. The predicted molar refractivity (Wildman–Crippen MR) is 137 cm³/mol. The average Bonchev–Trinajstić information content (AvgIpc) is 3.25. The number of benzene rings is 2. The fourth-order valence-electron chi connectivity index (χ4n) is 4.80. The van der Waals surface area contributed by atoms with Crippen LogP contribution in [0.4, 0.5) is 15.9 Å². The Labute approximate surface area is 211 Å². The van der Waals surface area contributed by atoms with Crippen LogP contribution in [0.25, 0.3) is 0 Å². The molecular weight excluding hydrogens is 500 g/mol. The molecule has 0 unspecified atom stereocenters. The molecule has 5 rings (SSSR count). The molecule has 0 amide bonds. The molecular formula is C23H24Cl2FN5S2. The van der Waals surface area contributed by atoms with Gasteiger partial charge in [-0.1, -0.05) is 35.3 Å². The van der Waals surface area contributed by atoms with Gasteiger partial charge in [0.25, 0.3) is 0 Å². The van der Waals surface area contributed by atoms with Gasteiger partial charge in [-0.05, 0) is 48.3 Å². The highest BCUT2D eigenvalue weighted by molar-refractivity contribution is 8.00. The monoisotopic (exact) mass is 523 g/mol. The first-order valence-corrected chi connectivity index (χ1v) is 13.1. The smallest absolute Gasteiger partial charge is 0.147 e. The minimum Gasteiger partial charge on any atom is -0.380 e. The third-order valence-electron chi connectivity index (χ3n) is 6.11. The van der Waals surface area contributed by atoms with Gasteiger partial charge in [0.2, 0.25) is 0 Å². The first-order valence-electron chi connectivity index (χ1n) is 10.6. The lowest BCUT2D eigenvalue weighted by atomic mass is 9.73. The molecule has 0 aliphatic carbocycles. The summed E-state index contributed by atoms with van der Waals surface area (Å²) in [5.74, 6) is 0.330. The number of halogens is 3. The summed E-state index contributed by atoms with van der Waals surface area (Å²) >= 11 is 15.6. The molecule has 174 valence electrons. The predicted octanol–water partition coefficient (Wildman–Crippen LogP) is 6.07. The fraction of sp³-hybridized carbons (Fsp3) is 0.348. The summed E-state index contributed by atoms with van der Waals surface area (Å²) in [5.41, 5.74) is 4.96. The summed E-state index contributed by atoms with van der Waals surface area (Å²) in [4.78, 5) is 9.38. The van der Waals surface area contributed by atoms with Crippen LogP contribution in [0.15, 0.2) is 46.1 Å². The fourth-order valence-corrected chi connectivity index (χ4v) is 6.57. The molecule has 2 aliphatic rings. The molecule has 3 heterocycles. The van der Waals surface area contributed by atoms with E-state index in [1.54, 1.807) is 11.6 Å². The summed E-state index contributed by atoms with van der Waals surface area (Å²) in [6.07, 6.45) is 0. The molecule has 0 radical (unpaired) electrons. The lowest BCUT2D eigenvalue weighted by Gasteiger charge is -2.59. The van der Waals surface area contributed by atoms with Gasteiger partial charge in [0.05, 0.1) is 21.1 Å². The molecule has 2 aromatic carbocycles. The number of rotatable bonds is 8. The Morgan fingerprint density at radius 1 is 1.18 bits per heavy atom. The molecule has 2 aliphatic heterocycles. The van der Waals surface area contributed by atoms with Crippen LogP contribution >= 0.6 is 46.5 Å². The van der Waals surface area contributed by atoms with E-state index in [9.17, 15) is 4.39 Å². The van der Waals surface area contributed by atoms with Crippen LogP contribution in [0.5, 0.6) is 0 Å². The van der Waals surface area contributed by atoms with Crippen LogP contribution in [0.3, 0.4) is 0 Å². The quantitative estimate of drug-likeness (QED) is 0.349. The van der Waals surface area contributed by atoms with E-state index in [0.717, 1.165) is 37.1 Å². The Morgan fingerprint density at radius 3 is 2.73 bits per heavy atom. The first kappa shape index (κ1) is 23.2. The Balaban J connectivity index is 1.23. The van der Waals surface area contributed by atoms with E-state index < -0.39 is 0 Å². The van der Waals surface area contributed by atoms with Crippen LogP contribution < -0.4 is 10.0 Å². The molecule has 2 saturated heterocycles. The number of nitrogens with zero attached hydrogens (tertiary/aromatic N) is 3. The van der Waals surface area contributed by atoms with E-state index in [2.05, 4.69) is 37.9 Å². The Kier molecular flexibility index (Phi) is 6.75. The molecule has 1 spiro atoms. The van der Waals surface area contributed by atoms with Gasteiger partial charge in [-0.25, -0.2) is 9.37 Å². The second-order valence-corrected chi connectivity index (χ2v) is 11.3. The van der Waals surface area contributed by atoms with Crippen molar-refractivity contribution in [1.82, 2.24) is 14.8 Å². The lowest BCUT2D eigenvalue weighted by molar-refractivity contribution is -0.108. The maximum absolute atomic E-state index is 14.7. The molecule has 2 N–H and O–H groups in total. The van der Waals surface area contributed by atoms with E-state index in [-0.39, 0.29) is 5.82 Å². The number of aromatic nitrogens is 1. The third-order valence-corrected chi connectivity index (χ3v) is 8.21. The highest BCUT2D eigenvalue weighted by atomic mass is 35.5. The number of nitrogens with one attached hydrogen (secondary N) is 2. The van der Waals surface area contributed by atoms with E-state index in [4.69, 9.17) is 23.2 Å². The number of hydrogen-bond acceptors (Lipinski definition) is 7. The van der Waals surface area contributed by atoms with Crippen molar-refractivity contribution in [2.45, 2.75) is 18.0 Å². The van der Waals surface area contributed by atoms with Gasteiger partial charge >= 0.3 is 0 Å². The van der Waals surface area contributed by atoms with Gasteiger partial charge in [0.15, 0.2) is 0 Å². The first-order chi connectivity index (χ1) is 15.9. The summed E-state index contributed by atoms with van der Waals surface area (Å²) in [5, 5.41) is 6.29. The van der Waals surface area contributed by atoms with Crippen molar-refractivity contribution in [2.24, 2.45) is 5.41 Å². The highest BCUT2D eigenvalue weighted by Crippen LogP contribution is 2.40. The van der Waals surface area contributed by atoms with Crippen molar-refractivity contribution in [3.63, 3.8) is 0 Å². The minimum absolute atomic E-state index is 0.356. The molecule has 10 heteroatoms. The van der Waals surface area contributed by atoms with Crippen molar-refractivity contribution in [3.05, 3.63) is 68.2 Å². The summed E-state index contributed by atoms with van der Waals surface area (Å²) in [6, 6.07) is 9.05. The zero-order valence-electron chi connectivity index (χ0n) is 18.1. The van der Waals surface area contributed by atoms with E-state index >= 15 is 0 Å². The maximum Gasteiger partial charge on any atom is 0.147 e. The minimum atomic E-state index is -0.356. The van der Waals surface area contributed by atoms with E-state index in [1.165, 1.54) is 36.1 Å².